The lowest BCUT2D eigenvalue weighted by Crippen LogP contribution is -2.56. The first-order valence-corrected chi connectivity index (χ1v) is 14.1. The van der Waals surface area contributed by atoms with Crippen LogP contribution in [0.3, 0.4) is 0 Å². The lowest BCUT2D eigenvalue weighted by molar-refractivity contribution is 0.0158. The van der Waals surface area contributed by atoms with Crippen molar-refractivity contribution in [3.8, 4) is 0 Å². The molecular weight excluding hydrogens is 514 g/mol. The molecule has 6 heteroatoms. The summed E-state index contributed by atoms with van der Waals surface area (Å²) in [5.41, 5.74) is 5.36. The molecule has 5 nitrogen and oxygen atoms in total. The Morgan fingerprint density at radius 3 is 2.14 bits per heavy atom. The van der Waals surface area contributed by atoms with Gasteiger partial charge in [0.15, 0.2) is 0 Å². The van der Waals surface area contributed by atoms with Gasteiger partial charge in [-0.3, -0.25) is 9.69 Å². The fourth-order valence-electron chi connectivity index (χ4n) is 5.66. The van der Waals surface area contributed by atoms with E-state index in [-0.39, 0.29) is 17.6 Å². The molecule has 4 rings (SSSR count). The van der Waals surface area contributed by atoms with Gasteiger partial charge in [-0.1, -0.05) is 51.4 Å². The van der Waals surface area contributed by atoms with Crippen LogP contribution in [0.5, 0.6) is 0 Å². The number of carbonyl (C=O) groups excluding carboxylic acids is 1. The van der Waals surface area contributed by atoms with Crippen LogP contribution in [0, 0.1) is 19.8 Å². The summed E-state index contributed by atoms with van der Waals surface area (Å²) in [6.45, 7) is 14.2. The summed E-state index contributed by atoms with van der Waals surface area (Å²) >= 11 is 3.54. The first-order chi connectivity index (χ1) is 17.2. The Labute approximate surface area is 225 Å². The number of likely N-dealkylation sites (tertiary alicyclic amines) is 2. The summed E-state index contributed by atoms with van der Waals surface area (Å²) in [6, 6.07) is 14.5. The molecule has 0 spiro atoms. The molecule has 0 saturated carbocycles. The standard InChI is InChI=1S/C30H40BrN3O2/c1-21(2)36-32-28(24-9-11-26(31)12-10-24)25-13-17-34(18-14-25)30(5)15-19-33(20-16-30)29(35)27-22(3)7-6-8-23(27)4/h6-12,21,25H,13-20H2,1-5H3/b32-28+. The van der Waals surface area contributed by atoms with E-state index >= 15 is 0 Å². The summed E-state index contributed by atoms with van der Waals surface area (Å²) < 4.78 is 1.07. The maximum atomic E-state index is 13.3. The van der Waals surface area contributed by atoms with Gasteiger partial charge in [-0.15, -0.1) is 0 Å². The zero-order valence-electron chi connectivity index (χ0n) is 22.4. The Bertz CT molecular complexity index is 1060. The molecule has 36 heavy (non-hydrogen) atoms. The zero-order chi connectivity index (χ0) is 25.9. The predicted octanol–water partition coefficient (Wildman–Crippen LogP) is 6.60. The monoisotopic (exact) mass is 553 g/mol. The average molecular weight is 555 g/mol. The molecular formula is C30H40BrN3O2. The SMILES string of the molecule is Cc1cccc(C)c1C(=O)N1CCC(C)(N2CCC(/C(=N/OC(C)C)c3ccc(Br)cc3)CC2)CC1. The zero-order valence-corrected chi connectivity index (χ0v) is 24.0. The fraction of sp³-hybridized carbons (Fsp3) is 0.533. The van der Waals surface area contributed by atoms with E-state index in [2.05, 4.69) is 62.1 Å². The summed E-state index contributed by atoms with van der Waals surface area (Å²) in [5, 5.41) is 4.61. The van der Waals surface area contributed by atoms with Crippen molar-refractivity contribution in [3.63, 3.8) is 0 Å². The molecule has 0 unspecified atom stereocenters. The smallest absolute Gasteiger partial charge is 0.254 e. The number of oxime groups is 1. The number of rotatable bonds is 6. The highest BCUT2D eigenvalue weighted by atomic mass is 79.9. The van der Waals surface area contributed by atoms with Crippen LogP contribution >= 0.6 is 15.9 Å². The molecule has 0 N–H and O–H groups in total. The van der Waals surface area contributed by atoms with Gasteiger partial charge in [0.05, 0.1) is 5.71 Å². The lowest BCUT2D eigenvalue weighted by Gasteiger charge is -2.49. The molecule has 2 aliphatic rings. The molecule has 1 amide bonds. The van der Waals surface area contributed by atoms with Gasteiger partial charge in [-0.2, -0.15) is 0 Å². The number of amides is 1. The Morgan fingerprint density at radius 2 is 1.58 bits per heavy atom. The number of carbonyl (C=O) groups is 1. The fourth-order valence-corrected chi connectivity index (χ4v) is 5.92. The van der Waals surface area contributed by atoms with E-state index in [1.54, 1.807) is 0 Å². The molecule has 0 radical (unpaired) electrons. The van der Waals surface area contributed by atoms with Gasteiger partial charge in [0, 0.05) is 34.6 Å². The number of benzene rings is 2. The van der Waals surface area contributed by atoms with Gasteiger partial charge in [0.25, 0.3) is 5.91 Å². The summed E-state index contributed by atoms with van der Waals surface area (Å²) in [5.74, 6) is 0.572. The number of nitrogens with zero attached hydrogens (tertiary/aromatic N) is 3. The minimum absolute atomic E-state index is 0.0609. The second-order valence-electron chi connectivity index (χ2n) is 11.0. The number of hydrogen-bond acceptors (Lipinski definition) is 4. The van der Waals surface area contributed by atoms with Crippen molar-refractivity contribution in [2.45, 2.75) is 71.9 Å². The van der Waals surface area contributed by atoms with Crippen molar-refractivity contribution in [1.82, 2.24) is 9.80 Å². The molecule has 194 valence electrons. The van der Waals surface area contributed by atoms with Crippen molar-refractivity contribution < 1.29 is 9.63 Å². The van der Waals surface area contributed by atoms with E-state index < -0.39 is 0 Å². The van der Waals surface area contributed by atoms with Crippen LogP contribution in [0.25, 0.3) is 0 Å². The summed E-state index contributed by atoms with van der Waals surface area (Å²) in [4.78, 5) is 23.7. The highest BCUT2D eigenvalue weighted by molar-refractivity contribution is 9.10. The molecule has 2 heterocycles. The normalized spacial score (nSPS) is 19.5. The van der Waals surface area contributed by atoms with Crippen molar-refractivity contribution in [1.29, 1.82) is 0 Å². The van der Waals surface area contributed by atoms with Gasteiger partial charge in [-0.25, -0.2) is 0 Å². The topological polar surface area (TPSA) is 45.1 Å². The molecule has 2 aromatic rings. The molecule has 0 bridgehead atoms. The maximum Gasteiger partial charge on any atom is 0.254 e. The highest BCUT2D eigenvalue weighted by Gasteiger charge is 2.39. The van der Waals surface area contributed by atoms with Crippen LogP contribution in [-0.2, 0) is 4.84 Å². The van der Waals surface area contributed by atoms with Crippen LogP contribution in [0.15, 0.2) is 52.1 Å². The average Bonchev–Trinajstić information content (AvgIpc) is 2.85. The Hall–Kier alpha value is -2.18. The minimum atomic E-state index is 0.0609. The Kier molecular flexibility index (Phi) is 8.56. The van der Waals surface area contributed by atoms with Crippen LogP contribution < -0.4 is 0 Å². The Balaban J connectivity index is 1.39. The number of halogens is 1. The largest absolute Gasteiger partial charge is 0.393 e. The van der Waals surface area contributed by atoms with Crippen LogP contribution in [-0.4, -0.2) is 59.2 Å². The summed E-state index contributed by atoms with van der Waals surface area (Å²) in [6.07, 6.45) is 4.22. The molecule has 2 saturated heterocycles. The third-order valence-corrected chi connectivity index (χ3v) is 8.50. The molecule has 2 aromatic carbocycles. The van der Waals surface area contributed by atoms with Crippen molar-refractivity contribution in [3.05, 3.63) is 69.2 Å². The number of hydrogen-bond donors (Lipinski definition) is 0. The van der Waals surface area contributed by atoms with Gasteiger partial charge in [0.2, 0.25) is 0 Å². The van der Waals surface area contributed by atoms with Gasteiger partial charge in [-0.05, 0) is 102 Å². The molecule has 2 aliphatic heterocycles. The predicted molar refractivity (Wildman–Crippen MR) is 151 cm³/mol. The van der Waals surface area contributed by atoms with Crippen LogP contribution in [0.4, 0.5) is 0 Å². The molecule has 0 aliphatic carbocycles. The van der Waals surface area contributed by atoms with Crippen molar-refractivity contribution in [2.24, 2.45) is 11.1 Å². The van der Waals surface area contributed by atoms with E-state index in [0.29, 0.717) is 5.92 Å². The maximum absolute atomic E-state index is 13.3. The molecule has 2 fully saturated rings. The highest BCUT2D eigenvalue weighted by Crippen LogP contribution is 2.34. The minimum Gasteiger partial charge on any atom is -0.393 e. The van der Waals surface area contributed by atoms with Gasteiger partial charge < -0.3 is 9.74 Å². The van der Waals surface area contributed by atoms with Crippen molar-refractivity contribution in [2.75, 3.05) is 26.2 Å². The second kappa shape index (κ2) is 11.5. The quantitative estimate of drug-likeness (QED) is 0.299. The molecule has 0 aromatic heterocycles. The lowest BCUT2D eigenvalue weighted by atomic mass is 9.82. The van der Waals surface area contributed by atoms with Gasteiger partial charge in [0.1, 0.15) is 6.10 Å². The Morgan fingerprint density at radius 1 is 1.00 bits per heavy atom. The number of piperidine rings is 2. The van der Waals surface area contributed by atoms with Crippen LogP contribution in [0.1, 0.15) is 73.5 Å². The van der Waals surface area contributed by atoms with E-state index in [1.807, 2.05) is 45.9 Å². The third-order valence-electron chi connectivity index (χ3n) is 7.97. The third kappa shape index (κ3) is 6.03. The van der Waals surface area contributed by atoms with Gasteiger partial charge >= 0.3 is 0 Å². The first-order valence-electron chi connectivity index (χ1n) is 13.3. The summed E-state index contributed by atoms with van der Waals surface area (Å²) in [7, 11) is 0. The van der Waals surface area contributed by atoms with Crippen molar-refractivity contribution >= 4 is 27.5 Å². The van der Waals surface area contributed by atoms with E-state index in [4.69, 9.17) is 4.84 Å². The van der Waals surface area contributed by atoms with E-state index in [9.17, 15) is 4.79 Å². The van der Waals surface area contributed by atoms with Crippen LogP contribution in [0.2, 0.25) is 0 Å². The van der Waals surface area contributed by atoms with E-state index in [0.717, 1.165) is 84.3 Å². The molecule has 0 atom stereocenters. The first kappa shape index (κ1) is 26.9. The second-order valence-corrected chi connectivity index (χ2v) is 11.9. The number of aryl methyl sites for hydroxylation is 2. The van der Waals surface area contributed by atoms with E-state index in [1.165, 1.54) is 0 Å².